The lowest BCUT2D eigenvalue weighted by Crippen LogP contribution is -1.84. The molecule has 68 valence electrons. The molecule has 0 aliphatic carbocycles. The maximum absolute atomic E-state index is 5.72. The summed E-state index contributed by atoms with van der Waals surface area (Å²) in [7, 11) is 0. The molecule has 0 fully saturated rings. The van der Waals surface area contributed by atoms with Crippen molar-refractivity contribution in [1.82, 2.24) is 9.97 Å². The Kier molecular flexibility index (Phi) is 2.31. The Morgan fingerprint density at radius 1 is 1.62 bits per heavy atom. The van der Waals surface area contributed by atoms with Gasteiger partial charge in [-0.05, 0) is 6.92 Å². The third-order valence-corrected chi connectivity index (χ3v) is 3.06. The van der Waals surface area contributed by atoms with Crippen LogP contribution in [0.25, 0.3) is 10.3 Å². The van der Waals surface area contributed by atoms with Gasteiger partial charge in [-0.25, -0.2) is 9.97 Å². The van der Waals surface area contributed by atoms with E-state index in [2.05, 4.69) is 27.5 Å². The van der Waals surface area contributed by atoms with Crippen LogP contribution in [0, 0.1) is 6.92 Å². The van der Waals surface area contributed by atoms with Gasteiger partial charge in [-0.3, -0.25) is 0 Å². The molecule has 0 unspecified atom stereocenters. The lowest BCUT2D eigenvalue weighted by atomic mass is 10.4. The molecule has 0 aliphatic heterocycles. The molecule has 0 spiro atoms. The van der Waals surface area contributed by atoms with Crippen LogP contribution in [0.5, 0.6) is 0 Å². The fourth-order valence-electron chi connectivity index (χ4n) is 1.09. The van der Waals surface area contributed by atoms with Gasteiger partial charge in [0.1, 0.15) is 15.5 Å². The third-order valence-electron chi connectivity index (χ3n) is 1.66. The SMILES string of the molecule is Cc1sc2nc(Cl)cnc2c1NS. The Hall–Kier alpha value is -0.520. The van der Waals surface area contributed by atoms with Crippen molar-refractivity contribution in [2.24, 2.45) is 0 Å². The zero-order chi connectivity index (χ0) is 9.42. The first-order valence-electron chi connectivity index (χ1n) is 3.54. The first kappa shape index (κ1) is 9.05. The van der Waals surface area contributed by atoms with Crippen LogP contribution in [-0.4, -0.2) is 9.97 Å². The van der Waals surface area contributed by atoms with Crippen molar-refractivity contribution in [3.63, 3.8) is 0 Å². The number of hydrogen-bond donors (Lipinski definition) is 2. The molecule has 2 aromatic heterocycles. The van der Waals surface area contributed by atoms with E-state index in [0.717, 1.165) is 20.9 Å². The van der Waals surface area contributed by atoms with E-state index in [-0.39, 0.29) is 0 Å². The number of aromatic nitrogens is 2. The number of anilines is 1. The highest BCUT2D eigenvalue weighted by atomic mass is 35.5. The number of nitrogens with one attached hydrogen (secondary N) is 1. The molecule has 0 saturated carbocycles. The second-order valence-electron chi connectivity index (χ2n) is 2.49. The molecule has 2 heterocycles. The van der Waals surface area contributed by atoms with Crippen molar-refractivity contribution in [3.8, 4) is 0 Å². The summed E-state index contributed by atoms with van der Waals surface area (Å²) < 4.78 is 2.80. The summed E-state index contributed by atoms with van der Waals surface area (Å²) in [6, 6.07) is 0. The molecule has 1 N–H and O–H groups in total. The van der Waals surface area contributed by atoms with Crippen molar-refractivity contribution in [2.75, 3.05) is 4.72 Å². The van der Waals surface area contributed by atoms with Gasteiger partial charge in [0.05, 0.1) is 11.9 Å². The Balaban J connectivity index is 2.79. The molecule has 0 saturated heterocycles. The molecule has 2 rings (SSSR count). The minimum atomic E-state index is 0.416. The highest BCUT2D eigenvalue weighted by Gasteiger charge is 2.10. The molecule has 0 amide bonds. The van der Waals surface area contributed by atoms with Crippen molar-refractivity contribution in [1.29, 1.82) is 0 Å². The summed E-state index contributed by atoms with van der Waals surface area (Å²) in [5, 5.41) is 0.416. The predicted molar refractivity (Wildman–Crippen MR) is 59.8 cm³/mol. The minimum Gasteiger partial charge on any atom is -0.330 e. The van der Waals surface area contributed by atoms with E-state index in [1.165, 1.54) is 6.20 Å². The van der Waals surface area contributed by atoms with Gasteiger partial charge in [0.25, 0.3) is 0 Å². The summed E-state index contributed by atoms with van der Waals surface area (Å²) >= 11 is 11.3. The minimum absolute atomic E-state index is 0.416. The lowest BCUT2D eigenvalue weighted by Gasteiger charge is -1.95. The molecule has 6 heteroatoms. The first-order chi connectivity index (χ1) is 6.22. The van der Waals surface area contributed by atoms with E-state index < -0.39 is 0 Å². The zero-order valence-electron chi connectivity index (χ0n) is 6.71. The van der Waals surface area contributed by atoms with Gasteiger partial charge in [-0.15, -0.1) is 11.3 Å². The Morgan fingerprint density at radius 2 is 2.38 bits per heavy atom. The molecule has 2 aromatic rings. The van der Waals surface area contributed by atoms with E-state index in [0.29, 0.717) is 5.15 Å². The van der Waals surface area contributed by atoms with Crippen LogP contribution in [-0.2, 0) is 0 Å². The standard InChI is InChI=1S/C7H6ClN3S2/c1-3-5(11-12)6-7(13-3)10-4(8)2-9-6/h2,11-12H,1H3. The molecule has 0 aromatic carbocycles. The predicted octanol–water partition coefficient (Wildman–Crippen LogP) is 2.91. The number of fused-ring (bicyclic) bond motifs is 1. The number of hydrogen-bond acceptors (Lipinski definition) is 5. The average molecular weight is 232 g/mol. The van der Waals surface area contributed by atoms with Gasteiger partial charge in [0.2, 0.25) is 0 Å². The number of halogens is 1. The average Bonchev–Trinajstić information content (AvgIpc) is 2.39. The number of thiol groups is 1. The lowest BCUT2D eigenvalue weighted by molar-refractivity contribution is 1.32. The zero-order valence-corrected chi connectivity index (χ0v) is 9.17. The van der Waals surface area contributed by atoms with Crippen molar-refractivity contribution >= 4 is 51.8 Å². The molecule has 0 aliphatic rings. The van der Waals surface area contributed by atoms with Gasteiger partial charge >= 0.3 is 0 Å². The molecule has 13 heavy (non-hydrogen) atoms. The fraction of sp³-hybridized carbons (Fsp3) is 0.143. The summed E-state index contributed by atoms with van der Waals surface area (Å²) in [6.45, 7) is 1.99. The van der Waals surface area contributed by atoms with Crippen LogP contribution >= 0.6 is 35.8 Å². The highest BCUT2D eigenvalue weighted by molar-refractivity contribution is 7.81. The number of rotatable bonds is 1. The first-order valence-corrected chi connectivity index (χ1v) is 5.18. The van der Waals surface area contributed by atoms with Crippen LogP contribution < -0.4 is 4.72 Å². The monoisotopic (exact) mass is 231 g/mol. The van der Waals surface area contributed by atoms with Gasteiger partial charge in [0.15, 0.2) is 0 Å². The second-order valence-corrected chi connectivity index (χ2v) is 4.31. The summed E-state index contributed by atoms with van der Waals surface area (Å²) in [6.07, 6.45) is 1.53. The quantitative estimate of drug-likeness (QED) is 0.742. The molecular formula is C7H6ClN3S2. The van der Waals surface area contributed by atoms with Crippen LogP contribution in [0.1, 0.15) is 4.88 Å². The summed E-state index contributed by atoms with van der Waals surface area (Å²) in [5.41, 5.74) is 1.73. The molecule has 0 bridgehead atoms. The largest absolute Gasteiger partial charge is 0.330 e. The van der Waals surface area contributed by atoms with Crippen LogP contribution in [0.3, 0.4) is 0 Å². The Labute approximate surface area is 89.7 Å². The van der Waals surface area contributed by atoms with Crippen molar-refractivity contribution in [3.05, 3.63) is 16.2 Å². The Bertz CT molecular complexity index is 454. The number of thiophene rings is 1. The van der Waals surface area contributed by atoms with Crippen LogP contribution in [0.15, 0.2) is 6.20 Å². The van der Waals surface area contributed by atoms with Crippen molar-refractivity contribution < 1.29 is 0 Å². The Morgan fingerprint density at radius 3 is 3.08 bits per heavy atom. The second kappa shape index (κ2) is 3.32. The van der Waals surface area contributed by atoms with Crippen LogP contribution in [0.4, 0.5) is 5.69 Å². The summed E-state index contributed by atoms with van der Waals surface area (Å²) in [5.74, 6) is 0. The van der Waals surface area contributed by atoms with E-state index in [1.807, 2.05) is 6.92 Å². The fourth-order valence-corrected chi connectivity index (χ4v) is 2.56. The molecule has 0 radical (unpaired) electrons. The number of nitrogens with zero attached hydrogens (tertiary/aromatic N) is 2. The molecule has 0 atom stereocenters. The van der Waals surface area contributed by atoms with E-state index >= 15 is 0 Å². The van der Waals surface area contributed by atoms with Gasteiger partial charge < -0.3 is 4.72 Å². The maximum atomic E-state index is 5.72. The van der Waals surface area contributed by atoms with E-state index in [9.17, 15) is 0 Å². The smallest absolute Gasteiger partial charge is 0.149 e. The molecular weight excluding hydrogens is 226 g/mol. The van der Waals surface area contributed by atoms with Gasteiger partial charge in [0, 0.05) is 4.88 Å². The van der Waals surface area contributed by atoms with Crippen molar-refractivity contribution in [2.45, 2.75) is 6.92 Å². The van der Waals surface area contributed by atoms with Crippen LogP contribution in [0.2, 0.25) is 5.15 Å². The van der Waals surface area contributed by atoms with E-state index in [4.69, 9.17) is 11.6 Å². The normalized spacial score (nSPS) is 10.7. The van der Waals surface area contributed by atoms with Gasteiger partial charge in [-0.1, -0.05) is 24.4 Å². The third kappa shape index (κ3) is 1.47. The summed E-state index contributed by atoms with van der Waals surface area (Å²) in [4.78, 5) is 10.3. The van der Waals surface area contributed by atoms with E-state index in [1.54, 1.807) is 11.3 Å². The number of aryl methyl sites for hydroxylation is 1. The van der Waals surface area contributed by atoms with Gasteiger partial charge in [-0.2, -0.15) is 0 Å². The maximum Gasteiger partial charge on any atom is 0.149 e. The molecule has 3 nitrogen and oxygen atoms in total. The highest BCUT2D eigenvalue weighted by Crippen LogP contribution is 2.33. The topological polar surface area (TPSA) is 37.8 Å².